The van der Waals surface area contributed by atoms with Crippen LogP contribution in [0.4, 0.5) is 5.69 Å². The van der Waals surface area contributed by atoms with Crippen LogP contribution in [-0.4, -0.2) is 24.0 Å². The van der Waals surface area contributed by atoms with Gasteiger partial charge in [0, 0.05) is 18.7 Å². The van der Waals surface area contributed by atoms with Gasteiger partial charge in [0.1, 0.15) is 11.4 Å². The molecule has 1 fully saturated rings. The number of hydrogen-bond acceptors (Lipinski definition) is 4. The molecule has 5 nitrogen and oxygen atoms in total. The second-order valence-corrected chi connectivity index (χ2v) is 6.07. The van der Waals surface area contributed by atoms with E-state index in [0.717, 1.165) is 38.1 Å². The summed E-state index contributed by atoms with van der Waals surface area (Å²) in [5, 5.41) is 6.28. The fourth-order valence-corrected chi connectivity index (χ4v) is 2.90. The molecule has 1 aromatic carbocycles. The van der Waals surface area contributed by atoms with E-state index in [9.17, 15) is 4.79 Å². The molecule has 1 amide bonds. The van der Waals surface area contributed by atoms with Crippen molar-refractivity contribution in [2.24, 2.45) is 5.92 Å². The number of anilines is 1. The lowest BCUT2D eigenvalue weighted by Crippen LogP contribution is -2.28. The minimum absolute atomic E-state index is 0. The number of nitrogens with zero attached hydrogens (tertiary/aromatic N) is 1. The number of halogens is 2. The summed E-state index contributed by atoms with van der Waals surface area (Å²) in [5.74, 6) is 1.99. The molecule has 0 aliphatic carbocycles. The van der Waals surface area contributed by atoms with Gasteiger partial charge in [-0.2, -0.15) is 0 Å². The molecule has 0 spiro atoms. The summed E-state index contributed by atoms with van der Waals surface area (Å²) in [4.78, 5) is 16.3. The van der Waals surface area contributed by atoms with E-state index in [2.05, 4.69) is 15.6 Å². The van der Waals surface area contributed by atoms with Gasteiger partial charge in [-0.05, 0) is 50.4 Å². The van der Waals surface area contributed by atoms with Crippen LogP contribution >= 0.6 is 24.8 Å². The fraction of sp³-hybridized carbons (Fsp3) is 0.368. The SMILES string of the molecule is Cl.Cl.O=C(CCC1CCNCC1)Nc1cnccc1Oc1ccccc1. The first-order valence-electron chi connectivity index (χ1n) is 8.49. The topological polar surface area (TPSA) is 63.2 Å². The Hall–Kier alpha value is -1.82. The molecule has 2 heterocycles. The first-order valence-corrected chi connectivity index (χ1v) is 8.49. The first-order chi connectivity index (χ1) is 11.8. The molecule has 0 bridgehead atoms. The fourth-order valence-electron chi connectivity index (χ4n) is 2.90. The summed E-state index contributed by atoms with van der Waals surface area (Å²) in [7, 11) is 0. The van der Waals surface area contributed by atoms with Gasteiger partial charge in [-0.15, -0.1) is 24.8 Å². The van der Waals surface area contributed by atoms with Crippen LogP contribution < -0.4 is 15.4 Å². The molecular weight excluding hydrogens is 373 g/mol. The van der Waals surface area contributed by atoms with E-state index < -0.39 is 0 Å². The van der Waals surface area contributed by atoms with E-state index in [1.807, 2.05) is 30.3 Å². The summed E-state index contributed by atoms with van der Waals surface area (Å²) in [6.45, 7) is 2.12. The monoisotopic (exact) mass is 397 g/mol. The van der Waals surface area contributed by atoms with E-state index in [4.69, 9.17) is 4.74 Å². The molecule has 7 heteroatoms. The molecular formula is C19H25Cl2N3O2. The number of amides is 1. The van der Waals surface area contributed by atoms with Crippen molar-refractivity contribution >= 4 is 36.4 Å². The number of carbonyl (C=O) groups is 1. The highest BCUT2D eigenvalue weighted by molar-refractivity contribution is 5.92. The van der Waals surface area contributed by atoms with Gasteiger partial charge in [0.15, 0.2) is 5.75 Å². The number of aromatic nitrogens is 1. The zero-order chi connectivity index (χ0) is 16.6. The molecule has 1 saturated heterocycles. The van der Waals surface area contributed by atoms with Crippen LogP contribution in [0.5, 0.6) is 11.5 Å². The number of ether oxygens (including phenoxy) is 1. The lowest BCUT2D eigenvalue weighted by atomic mass is 9.93. The van der Waals surface area contributed by atoms with Crippen LogP contribution in [0.3, 0.4) is 0 Å². The number of pyridine rings is 1. The van der Waals surface area contributed by atoms with Crippen molar-refractivity contribution in [3.05, 3.63) is 48.8 Å². The normalized spacial score (nSPS) is 13.8. The Labute approximate surface area is 166 Å². The number of rotatable bonds is 6. The van der Waals surface area contributed by atoms with Crippen LogP contribution in [0, 0.1) is 5.92 Å². The van der Waals surface area contributed by atoms with Gasteiger partial charge >= 0.3 is 0 Å². The molecule has 26 heavy (non-hydrogen) atoms. The summed E-state index contributed by atoms with van der Waals surface area (Å²) >= 11 is 0. The van der Waals surface area contributed by atoms with Gasteiger partial charge in [-0.3, -0.25) is 9.78 Å². The largest absolute Gasteiger partial charge is 0.455 e. The third kappa shape index (κ3) is 6.83. The highest BCUT2D eigenvalue weighted by Gasteiger charge is 2.15. The van der Waals surface area contributed by atoms with Crippen molar-refractivity contribution in [3.63, 3.8) is 0 Å². The van der Waals surface area contributed by atoms with Gasteiger partial charge in [0.05, 0.1) is 6.20 Å². The van der Waals surface area contributed by atoms with Crippen molar-refractivity contribution in [3.8, 4) is 11.5 Å². The predicted octanol–water partition coefficient (Wildman–Crippen LogP) is 4.44. The van der Waals surface area contributed by atoms with Crippen molar-refractivity contribution in [2.45, 2.75) is 25.7 Å². The van der Waals surface area contributed by atoms with Crippen molar-refractivity contribution in [1.82, 2.24) is 10.3 Å². The van der Waals surface area contributed by atoms with Crippen LogP contribution in [-0.2, 0) is 4.79 Å². The highest BCUT2D eigenvalue weighted by Crippen LogP contribution is 2.28. The van der Waals surface area contributed by atoms with Crippen LogP contribution in [0.25, 0.3) is 0 Å². The summed E-state index contributed by atoms with van der Waals surface area (Å²) in [5.41, 5.74) is 0.608. The molecule has 1 aliphatic rings. The summed E-state index contributed by atoms with van der Waals surface area (Å²) in [6.07, 6.45) is 7.06. The Morgan fingerprint density at radius 1 is 1.15 bits per heavy atom. The molecule has 2 N–H and O–H groups in total. The number of nitrogens with one attached hydrogen (secondary N) is 2. The van der Waals surface area contributed by atoms with E-state index in [1.165, 1.54) is 0 Å². The number of piperidine rings is 1. The lowest BCUT2D eigenvalue weighted by molar-refractivity contribution is -0.116. The quantitative estimate of drug-likeness (QED) is 0.756. The van der Waals surface area contributed by atoms with E-state index >= 15 is 0 Å². The lowest BCUT2D eigenvalue weighted by Gasteiger charge is -2.22. The maximum Gasteiger partial charge on any atom is 0.224 e. The maximum absolute atomic E-state index is 12.2. The Kier molecular flexibility index (Phi) is 10.0. The van der Waals surface area contributed by atoms with Crippen LogP contribution in [0.2, 0.25) is 0 Å². The molecule has 3 rings (SSSR count). The van der Waals surface area contributed by atoms with Crippen LogP contribution in [0.1, 0.15) is 25.7 Å². The maximum atomic E-state index is 12.2. The minimum Gasteiger partial charge on any atom is -0.455 e. The molecule has 0 atom stereocenters. The second-order valence-electron chi connectivity index (χ2n) is 6.07. The summed E-state index contributed by atoms with van der Waals surface area (Å²) in [6, 6.07) is 11.3. The molecule has 0 unspecified atom stereocenters. The van der Waals surface area contributed by atoms with Gasteiger partial charge in [0.2, 0.25) is 5.91 Å². The molecule has 1 aliphatic heterocycles. The zero-order valence-corrected chi connectivity index (χ0v) is 16.2. The van der Waals surface area contributed by atoms with Crippen molar-refractivity contribution < 1.29 is 9.53 Å². The van der Waals surface area contributed by atoms with Crippen molar-refractivity contribution in [1.29, 1.82) is 0 Å². The summed E-state index contributed by atoms with van der Waals surface area (Å²) < 4.78 is 5.84. The predicted molar refractivity (Wildman–Crippen MR) is 109 cm³/mol. The Morgan fingerprint density at radius 2 is 1.88 bits per heavy atom. The third-order valence-corrected chi connectivity index (χ3v) is 4.26. The Morgan fingerprint density at radius 3 is 2.62 bits per heavy atom. The van der Waals surface area contributed by atoms with E-state index in [-0.39, 0.29) is 30.7 Å². The van der Waals surface area contributed by atoms with E-state index in [1.54, 1.807) is 18.5 Å². The van der Waals surface area contributed by atoms with Crippen LogP contribution in [0.15, 0.2) is 48.8 Å². The van der Waals surface area contributed by atoms with Crippen molar-refractivity contribution in [2.75, 3.05) is 18.4 Å². The molecule has 0 saturated carbocycles. The molecule has 2 aromatic rings. The standard InChI is InChI=1S/C19H23N3O2.2ClH/c23-19(7-6-15-8-11-20-12-9-15)22-17-14-21-13-10-18(17)24-16-4-2-1-3-5-16;;/h1-5,10,13-15,20H,6-9,11-12H2,(H,22,23);2*1H. The average molecular weight is 398 g/mol. The first kappa shape index (κ1) is 22.2. The second kappa shape index (κ2) is 11.7. The van der Waals surface area contributed by atoms with Gasteiger partial charge in [-0.25, -0.2) is 0 Å². The number of carbonyl (C=O) groups excluding carboxylic acids is 1. The van der Waals surface area contributed by atoms with Gasteiger partial charge in [-0.1, -0.05) is 18.2 Å². The number of para-hydroxylation sites is 1. The number of hydrogen-bond donors (Lipinski definition) is 2. The minimum atomic E-state index is 0. The zero-order valence-electron chi connectivity index (χ0n) is 14.5. The highest BCUT2D eigenvalue weighted by atomic mass is 35.5. The van der Waals surface area contributed by atoms with Gasteiger partial charge in [0.25, 0.3) is 0 Å². The molecule has 1 aromatic heterocycles. The third-order valence-electron chi connectivity index (χ3n) is 4.26. The Balaban J connectivity index is 0.00000169. The van der Waals surface area contributed by atoms with E-state index in [0.29, 0.717) is 23.8 Å². The smallest absolute Gasteiger partial charge is 0.224 e. The molecule has 0 radical (unpaired) electrons. The molecule has 142 valence electrons. The Bertz CT molecular complexity index is 665. The number of benzene rings is 1. The average Bonchev–Trinajstić information content (AvgIpc) is 2.63. The van der Waals surface area contributed by atoms with Gasteiger partial charge < -0.3 is 15.4 Å².